The van der Waals surface area contributed by atoms with Gasteiger partial charge in [-0.25, -0.2) is 4.39 Å². The maximum Gasteiger partial charge on any atom is 0.287 e. The molecule has 0 aromatic heterocycles. The molecule has 4 rings (SSSR count). The highest BCUT2D eigenvalue weighted by molar-refractivity contribution is 8.15. The van der Waals surface area contributed by atoms with Crippen LogP contribution in [0.3, 0.4) is 0 Å². The minimum atomic E-state index is -0.957. The SMILES string of the molecule is CCCc1cc(Oc2ccc(F)cc2)ccc1OCCCOc1cccc(C2(C)SC(=O)NC2=O)c1. The molecular formula is C28H28FNO5S. The predicted octanol–water partition coefficient (Wildman–Crippen LogP) is 6.62. The smallest absolute Gasteiger partial charge is 0.287 e. The maximum atomic E-state index is 13.1. The Labute approximate surface area is 214 Å². The van der Waals surface area contributed by atoms with Crippen LogP contribution in [-0.4, -0.2) is 24.4 Å². The first-order chi connectivity index (χ1) is 17.4. The number of rotatable bonds is 11. The summed E-state index contributed by atoms with van der Waals surface area (Å²) in [5, 5.41) is 1.99. The Morgan fingerprint density at radius 1 is 0.917 bits per heavy atom. The Morgan fingerprint density at radius 3 is 2.39 bits per heavy atom. The quantitative estimate of drug-likeness (QED) is 0.293. The van der Waals surface area contributed by atoms with Gasteiger partial charge in [-0.05, 0) is 90.8 Å². The Bertz CT molecular complexity index is 1230. The molecule has 1 heterocycles. The number of aryl methyl sites for hydroxylation is 1. The molecule has 2 amide bonds. The van der Waals surface area contributed by atoms with E-state index in [4.69, 9.17) is 14.2 Å². The van der Waals surface area contributed by atoms with Gasteiger partial charge in [0.15, 0.2) is 0 Å². The van der Waals surface area contributed by atoms with Crippen molar-refractivity contribution in [1.29, 1.82) is 0 Å². The molecule has 0 radical (unpaired) electrons. The molecule has 1 aliphatic rings. The Kier molecular flexibility index (Phi) is 8.15. The Hall–Kier alpha value is -3.52. The highest BCUT2D eigenvalue weighted by atomic mass is 32.2. The van der Waals surface area contributed by atoms with Gasteiger partial charge in [-0.1, -0.05) is 25.5 Å². The van der Waals surface area contributed by atoms with Crippen LogP contribution < -0.4 is 19.5 Å². The van der Waals surface area contributed by atoms with Crippen molar-refractivity contribution in [2.24, 2.45) is 0 Å². The number of carbonyl (C=O) groups is 2. The number of carbonyl (C=O) groups excluding carboxylic acids is 2. The fraction of sp³-hybridized carbons (Fsp3) is 0.286. The van der Waals surface area contributed by atoms with Crippen molar-refractivity contribution < 1.29 is 28.2 Å². The zero-order valence-electron chi connectivity index (χ0n) is 20.2. The molecule has 1 aliphatic heterocycles. The van der Waals surface area contributed by atoms with Crippen LogP contribution in [0.25, 0.3) is 0 Å². The molecule has 188 valence electrons. The normalized spacial score (nSPS) is 17.1. The van der Waals surface area contributed by atoms with Crippen molar-refractivity contribution in [3.8, 4) is 23.0 Å². The zero-order valence-corrected chi connectivity index (χ0v) is 21.0. The molecule has 0 aliphatic carbocycles. The van der Waals surface area contributed by atoms with E-state index in [1.807, 2.05) is 36.4 Å². The molecule has 36 heavy (non-hydrogen) atoms. The summed E-state index contributed by atoms with van der Waals surface area (Å²) in [5.74, 6) is 2.05. The lowest BCUT2D eigenvalue weighted by atomic mass is 9.99. The average Bonchev–Trinajstić information content (AvgIpc) is 3.14. The summed E-state index contributed by atoms with van der Waals surface area (Å²) in [6.45, 7) is 4.74. The number of hydrogen-bond donors (Lipinski definition) is 1. The lowest BCUT2D eigenvalue weighted by Crippen LogP contribution is -2.31. The van der Waals surface area contributed by atoms with Crippen LogP contribution >= 0.6 is 11.8 Å². The standard InChI is InChI=1S/C28H28FNO5S/c1-3-6-19-17-24(35-22-11-9-21(29)10-12-22)13-14-25(19)34-16-5-15-33-23-8-4-7-20(18-23)28(2)26(31)30-27(32)36-28/h4,7-14,17-18H,3,5-6,15-16H2,1-2H3,(H,30,31,32). The number of nitrogens with one attached hydrogen (secondary N) is 1. The van der Waals surface area contributed by atoms with Gasteiger partial charge in [0.25, 0.3) is 5.24 Å². The van der Waals surface area contributed by atoms with Crippen LogP contribution in [0.15, 0.2) is 66.7 Å². The summed E-state index contributed by atoms with van der Waals surface area (Å²) < 4.78 is 29.9. The third-order valence-electron chi connectivity index (χ3n) is 5.75. The molecule has 8 heteroatoms. The summed E-state index contributed by atoms with van der Waals surface area (Å²) in [6, 6.07) is 18.8. The van der Waals surface area contributed by atoms with Gasteiger partial charge in [0, 0.05) is 6.42 Å². The minimum Gasteiger partial charge on any atom is -0.493 e. The van der Waals surface area contributed by atoms with Crippen molar-refractivity contribution in [2.45, 2.75) is 37.9 Å². The van der Waals surface area contributed by atoms with Gasteiger partial charge in [-0.2, -0.15) is 0 Å². The monoisotopic (exact) mass is 509 g/mol. The average molecular weight is 510 g/mol. The number of thioether (sulfide) groups is 1. The van der Waals surface area contributed by atoms with E-state index in [9.17, 15) is 14.0 Å². The minimum absolute atomic E-state index is 0.305. The highest BCUT2D eigenvalue weighted by Crippen LogP contribution is 2.41. The number of benzene rings is 3. The second-order valence-corrected chi connectivity index (χ2v) is 9.92. The van der Waals surface area contributed by atoms with Crippen LogP contribution in [0.1, 0.15) is 37.8 Å². The van der Waals surface area contributed by atoms with Gasteiger partial charge in [-0.15, -0.1) is 0 Å². The summed E-state index contributed by atoms with van der Waals surface area (Å²) in [4.78, 5) is 23.9. The Morgan fingerprint density at radius 2 is 1.67 bits per heavy atom. The van der Waals surface area contributed by atoms with Gasteiger partial charge < -0.3 is 14.2 Å². The van der Waals surface area contributed by atoms with Crippen LogP contribution in [0.4, 0.5) is 9.18 Å². The largest absolute Gasteiger partial charge is 0.493 e. The zero-order chi connectivity index (χ0) is 25.5. The first-order valence-electron chi connectivity index (χ1n) is 11.8. The molecule has 1 unspecified atom stereocenters. The molecule has 1 saturated heterocycles. The van der Waals surface area contributed by atoms with Crippen molar-refractivity contribution in [1.82, 2.24) is 5.32 Å². The number of ether oxygens (including phenoxy) is 3. The van der Waals surface area contributed by atoms with Gasteiger partial charge in [-0.3, -0.25) is 14.9 Å². The second-order valence-electron chi connectivity index (χ2n) is 8.53. The van der Waals surface area contributed by atoms with Crippen molar-refractivity contribution in [3.63, 3.8) is 0 Å². The lowest BCUT2D eigenvalue weighted by Gasteiger charge is -2.19. The van der Waals surface area contributed by atoms with Gasteiger partial charge in [0.1, 0.15) is 33.6 Å². The molecule has 3 aromatic carbocycles. The summed E-state index contributed by atoms with van der Waals surface area (Å²) >= 11 is 0.975. The fourth-order valence-corrected chi connectivity index (χ4v) is 4.74. The van der Waals surface area contributed by atoms with Crippen molar-refractivity contribution in [2.75, 3.05) is 13.2 Å². The van der Waals surface area contributed by atoms with E-state index in [2.05, 4.69) is 12.2 Å². The number of amides is 2. The number of imide groups is 1. The van der Waals surface area contributed by atoms with Crippen molar-refractivity contribution >= 4 is 22.9 Å². The van der Waals surface area contributed by atoms with E-state index < -0.39 is 4.75 Å². The van der Waals surface area contributed by atoms with Gasteiger partial charge in [0.2, 0.25) is 5.91 Å². The number of halogens is 1. The highest BCUT2D eigenvalue weighted by Gasteiger charge is 2.45. The third kappa shape index (κ3) is 6.18. The molecule has 3 aromatic rings. The number of hydrogen-bond acceptors (Lipinski definition) is 6. The van der Waals surface area contributed by atoms with E-state index in [-0.39, 0.29) is 17.0 Å². The molecule has 6 nitrogen and oxygen atoms in total. The summed E-state index contributed by atoms with van der Waals surface area (Å²) in [6.07, 6.45) is 2.46. The van der Waals surface area contributed by atoms with E-state index in [1.54, 1.807) is 25.1 Å². The van der Waals surface area contributed by atoms with Crippen LogP contribution in [0.5, 0.6) is 23.0 Å². The van der Waals surface area contributed by atoms with E-state index in [0.29, 0.717) is 36.9 Å². The topological polar surface area (TPSA) is 73.9 Å². The van der Waals surface area contributed by atoms with E-state index >= 15 is 0 Å². The lowest BCUT2D eigenvalue weighted by molar-refractivity contribution is -0.121. The molecule has 0 saturated carbocycles. The van der Waals surface area contributed by atoms with E-state index in [1.165, 1.54) is 12.1 Å². The van der Waals surface area contributed by atoms with Gasteiger partial charge >= 0.3 is 0 Å². The molecule has 0 bridgehead atoms. The summed E-state index contributed by atoms with van der Waals surface area (Å²) in [5.41, 5.74) is 1.76. The molecule has 0 spiro atoms. The fourth-order valence-electron chi connectivity index (χ4n) is 3.84. The van der Waals surface area contributed by atoms with E-state index in [0.717, 1.165) is 41.5 Å². The summed E-state index contributed by atoms with van der Waals surface area (Å²) in [7, 11) is 0. The third-order valence-corrected chi connectivity index (χ3v) is 6.86. The molecule has 1 fully saturated rings. The molecular weight excluding hydrogens is 481 g/mol. The first kappa shape index (κ1) is 25.6. The maximum absolute atomic E-state index is 13.1. The first-order valence-corrected chi connectivity index (χ1v) is 12.7. The van der Waals surface area contributed by atoms with Crippen molar-refractivity contribution in [3.05, 3.63) is 83.7 Å². The van der Waals surface area contributed by atoms with Crippen LogP contribution in [0, 0.1) is 5.82 Å². The van der Waals surface area contributed by atoms with Crippen LogP contribution in [0.2, 0.25) is 0 Å². The molecule has 1 atom stereocenters. The van der Waals surface area contributed by atoms with Crippen LogP contribution in [-0.2, 0) is 16.0 Å². The molecule has 1 N–H and O–H groups in total. The predicted molar refractivity (Wildman–Crippen MR) is 137 cm³/mol. The second kappa shape index (κ2) is 11.5. The van der Waals surface area contributed by atoms with Gasteiger partial charge in [0.05, 0.1) is 13.2 Å². The Balaban J connectivity index is 1.30.